The second kappa shape index (κ2) is 6.12. The predicted octanol–water partition coefficient (Wildman–Crippen LogP) is 0.201. The van der Waals surface area contributed by atoms with E-state index in [9.17, 15) is 9.59 Å². The molecule has 1 aromatic rings. The van der Waals surface area contributed by atoms with Gasteiger partial charge in [0.1, 0.15) is 5.82 Å². The molecule has 1 aliphatic carbocycles. The second-order valence-electron chi connectivity index (χ2n) is 4.25. The van der Waals surface area contributed by atoms with Gasteiger partial charge in [-0.1, -0.05) is 0 Å². The number of carbonyl (C=O) groups is 2. The number of hydrogen-bond acceptors (Lipinski definition) is 6. The maximum Gasteiger partial charge on any atom is 0.376 e. The van der Waals surface area contributed by atoms with Gasteiger partial charge in [0.15, 0.2) is 0 Å². The molecule has 0 aromatic carbocycles. The van der Waals surface area contributed by atoms with Gasteiger partial charge in [-0.25, -0.2) is 14.8 Å². The van der Waals surface area contributed by atoms with Crippen LogP contribution >= 0.6 is 0 Å². The van der Waals surface area contributed by atoms with Crippen molar-refractivity contribution in [2.45, 2.75) is 12.8 Å². The van der Waals surface area contributed by atoms with Crippen LogP contribution in [0.2, 0.25) is 0 Å². The number of amides is 1. The van der Waals surface area contributed by atoms with Gasteiger partial charge >= 0.3 is 5.97 Å². The standard InChI is InChI=1S/C12H16N4O3/c1-19-12(18)10-14-5-4-9(16-10)13-6-7-15-11(17)8-2-3-8/h4-5,8H,2-3,6-7H2,1H3,(H,15,17)(H,13,14,16). The van der Waals surface area contributed by atoms with Gasteiger partial charge in [0.05, 0.1) is 7.11 Å². The van der Waals surface area contributed by atoms with E-state index in [2.05, 4.69) is 25.3 Å². The van der Waals surface area contributed by atoms with Gasteiger partial charge in [-0.15, -0.1) is 0 Å². The largest absolute Gasteiger partial charge is 0.463 e. The van der Waals surface area contributed by atoms with E-state index in [1.807, 2.05) is 0 Å². The van der Waals surface area contributed by atoms with Crippen LogP contribution in [-0.4, -0.2) is 42.0 Å². The number of nitrogens with zero attached hydrogens (tertiary/aromatic N) is 2. The fourth-order valence-corrected chi connectivity index (χ4v) is 1.51. The highest BCUT2D eigenvalue weighted by Gasteiger charge is 2.28. The van der Waals surface area contributed by atoms with Crippen molar-refractivity contribution in [1.82, 2.24) is 15.3 Å². The van der Waals surface area contributed by atoms with Gasteiger partial charge in [-0.3, -0.25) is 4.79 Å². The third kappa shape index (κ3) is 3.90. The van der Waals surface area contributed by atoms with Crippen molar-refractivity contribution in [2.75, 3.05) is 25.5 Å². The van der Waals surface area contributed by atoms with Gasteiger partial charge in [-0.05, 0) is 18.9 Å². The summed E-state index contributed by atoms with van der Waals surface area (Å²) < 4.78 is 4.53. The minimum Gasteiger partial charge on any atom is -0.463 e. The van der Waals surface area contributed by atoms with Crippen LogP contribution in [0.1, 0.15) is 23.5 Å². The lowest BCUT2D eigenvalue weighted by atomic mass is 10.4. The topological polar surface area (TPSA) is 93.2 Å². The highest BCUT2D eigenvalue weighted by atomic mass is 16.5. The summed E-state index contributed by atoms with van der Waals surface area (Å²) in [5.41, 5.74) is 0. The van der Waals surface area contributed by atoms with Crippen LogP contribution in [0.5, 0.6) is 0 Å². The average Bonchev–Trinajstić information content (AvgIpc) is 3.27. The van der Waals surface area contributed by atoms with E-state index in [1.165, 1.54) is 13.3 Å². The number of ether oxygens (including phenoxy) is 1. The first-order chi connectivity index (χ1) is 9.20. The van der Waals surface area contributed by atoms with Crippen LogP contribution in [-0.2, 0) is 9.53 Å². The van der Waals surface area contributed by atoms with E-state index >= 15 is 0 Å². The Morgan fingerprint density at radius 3 is 2.89 bits per heavy atom. The number of rotatable bonds is 6. The summed E-state index contributed by atoms with van der Waals surface area (Å²) in [5.74, 6) is 0.279. The molecule has 0 atom stereocenters. The van der Waals surface area contributed by atoms with Gasteiger partial charge in [0.2, 0.25) is 11.7 Å². The Kier molecular flexibility index (Phi) is 4.27. The zero-order valence-corrected chi connectivity index (χ0v) is 10.7. The molecule has 19 heavy (non-hydrogen) atoms. The fourth-order valence-electron chi connectivity index (χ4n) is 1.51. The van der Waals surface area contributed by atoms with Gasteiger partial charge in [0, 0.05) is 25.2 Å². The lowest BCUT2D eigenvalue weighted by Crippen LogP contribution is -2.30. The van der Waals surface area contributed by atoms with Crippen molar-refractivity contribution in [3.63, 3.8) is 0 Å². The Labute approximate surface area is 110 Å². The first kappa shape index (κ1) is 13.3. The molecule has 0 saturated heterocycles. The van der Waals surface area contributed by atoms with Crippen LogP contribution in [0, 0.1) is 5.92 Å². The van der Waals surface area contributed by atoms with E-state index in [0.717, 1.165) is 12.8 Å². The maximum absolute atomic E-state index is 11.4. The minimum atomic E-state index is -0.578. The zero-order valence-electron chi connectivity index (χ0n) is 10.7. The highest BCUT2D eigenvalue weighted by molar-refractivity contribution is 5.85. The minimum absolute atomic E-state index is 0.00881. The maximum atomic E-state index is 11.4. The van der Waals surface area contributed by atoms with Crippen molar-refractivity contribution >= 4 is 17.7 Å². The third-order valence-electron chi connectivity index (χ3n) is 2.70. The molecule has 7 heteroatoms. The van der Waals surface area contributed by atoms with Crippen LogP contribution < -0.4 is 10.6 Å². The van der Waals surface area contributed by atoms with Crippen LogP contribution in [0.15, 0.2) is 12.3 Å². The molecule has 1 amide bonds. The smallest absolute Gasteiger partial charge is 0.376 e. The zero-order chi connectivity index (χ0) is 13.7. The fraction of sp³-hybridized carbons (Fsp3) is 0.500. The summed E-state index contributed by atoms with van der Waals surface area (Å²) >= 11 is 0. The lowest BCUT2D eigenvalue weighted by Gasteiger charge is -2.07. The Balaban J connectivity index is 1.75. The monoisotopic (exact) mass is 264 g/mol. The summed E-state index contributed by atoms with van der Waals surface area (Å²) in [6, 6.07) is 1.65. The molecule has 2 N–H and O–H groups in total. The number of nitrogens with one attached hydrogen (secondary N) is 2. The normalized spacial score (nSPS) is 13.7. The molecule has 1 fully saturated rings. The summed E-state index contributed by atoms with van der Waals surface area (Å²) in [5, 5.41) is 5.83. The molecular formula is C12H16N4O3. The molecule has 1 aliphatic rings. The van der Waals surface area contributed by atoms with Crippen molar-refractivity contribution in [2.24, 2.45) is 5.92 Å². The Bertz CT molecular complexity index is 474. The lowest BCUT2D eigenvalue weighted by molar-refractivity contribution is -0.122. The molecule has 0 radical (unpaired) electrons. The molecule has 1 saturated carbocycles. The van der Waals surface area contributed by atoms with Crippen LogP contribution in [0.25, 0.3) is 0 Å². The number of aromatic nitrogens is 2. The molecule has 0 aliphatic heterocycles. The molecule has 0 bridgehead atoms. The molecule has 1 aromatic heterocycles. The van der Waals surface area contributed by atoms with E-state index in [0.29, 0.717) is 18.9 Å². The number of anilines is 1. The SMILES string of the molecule is COC(=O)c1nccc(NCCNC(=O)C2CC2)n1. The van der Waals surface area contributed by atoms with Crippen molar-refractivity contribution in [3.8, 4) is 0 Å². The molecule has 0 unspecified atom stereocenters. The number of hydrogen-bond donors (Lipinski definition) is 2. The van der Waals surface area contributed by atoms with Crippen LogP contribution in [0.3, 0.4) is 0 Å². The second-order valence-corrected chi connectivity index (χ2v) is 4.25. The van der Waals surface area contributed by atoms with Crippen molar-refractivity contribution < 1.29 is 14.3 Å². The molecule has 1 heterocycles. The van der Waals surface area contributed by atoms with E-state index in [4.69, 9.17) is 0 Å². The highest BCUT2D eigenvalue weighted by Crippen LogP contribution is 2.28. The Morgan fingerprint density at radius 1 is 1.42 bits per heavy atom. The first-order valence-corrected chi connectivity index (χ1v) is 6.13. The van der Waals surface area contributed by atoms with Crippen molar-refractivity contribution in [3.05, 3.63) is 18.1 Å². The molecule has 0 spiro atoms. The summed E-state index contributed by atoms with van der Waals surface area (Å²) in [6.45, 7) is 1.06. The number of methoxy groups -OCH3 is 1. The predicted molar refractivity (Wildman–Crippen MR) is 67.6 cm³/mol. The average molecular weight is 264 g/mol. The molecular weight excluding hydrogens is 248 g/mol. The van der Waals surface area contributed by atoms with Gasteiger partial charge in [0.25, 0.3) is 0 Å². The Hall–Kier alpha value is -2.18. The molecule has 102 valence electrons. The van der Waals surface area contributed by atoms with Crippen molar-refractivity contribution in [1.29, 1.82) is 0 Å². The van der Waals surface area contributed by atoms with Gasteiger partial charge < -0.3 is 15.4 Å². The van der Waals surface area contributed by atoms with Gasteiger partial charge in [-0.2, -0.15) is 0 Å². The third-order valence-corrected chi connectivity index (χ3v) is 2.70. The molecule has 7 nitrogen and oxygen atoms in total. The van der Waals surface area contributed by atoms with E-state index < -0.39 is 5.97 Å². The van der Waals surface area contributed by atoms with Crippen LogP contribution in [0.4, 0.5) is 5.82 Å². The first-order valence-electron chi connectivity index (χ1n) is 6.13. The summed E-state index contributed by atoms with van der Waals surface area (Å²) in [4.78, 5) is 30.4. The number of carbonyl (C=O) groups excluding carboxylic acids is 2. The quantitative estimate of drug-likeness (QED) is 0.563. The summed E-state index contributed by atoms with van der Waals surface area (Å²) in [6.07, 6.45) is 3.46. The number of esters is 1. The summed E-state index contributed by atoms with van der Waals surface area (Å²) in [7, 11) is 1.28. The van der Waals surface area contributed by atoms with E-state index in [-0.39, 0.29) is 17.6 Å². The Morgan fingerprint density at radius 2 is 2.21 bits per heavy atom. The molecule has 2 rings (SSSR count). The van der Waals surface area contributed by atoms with E-state index in [1.54, 1.807) is 6.07 Å².